The summed E-state index contributed by atoms with van der Waals surface area (Å²) in [5, 5.41) is 15.6. The Labute approximate surface area is 376 Å². The first-order valence-electron chi connectivity index (χ1n) is 19.5. The van der Waals surface area contributed by atoms with Gasteiger partial charge in [0.25, 0.3) is 5.91 Å². The summed E-state index contributed by atoms with van der Waals surface area (Å²) in [5.74, 6) is -61.4. The monoisotopic (exact) mass is 1010 g/mol. The number of aromatic nitrogens is 3. The molecular formula is C40H32F17N7O5. The molecule has 0 fully saturated rings. The number of hydrogen-bond acceptors (Lipinski definition) is 7. The maximum atomic E-state index is 14.6. The van der Waals surface area contributed by atoms with Gasteiger partial charge in [0, 0.05) is 29.9 Å². The molecule has 0 spiro atoms. The zero-order valence-corrected chi connectivity index (χ0v) is 34.4. The van der Waals surface area contributed by atoms with Gasteiger partial charge in [-0.15, -0.1) is 5.10 Å². The molecule has 4 aromatic rings. The largest absolute Gasteiger partial charge is 0.464 e. The standard InChI is InChI=1S/C40H32F17N7O5/c41-33(42,34(43,44)35(45,46)36(47,48)37(49,50)38(51,52)39(53,54)40(55,56)57)15-17-69-30(66)21-63-20-28-19-59-62-64(28)27-11-6-23(7-12-27)14-16-58-32(68)61-25-9-4-22(5-10-25)8-13-29(65)60-26-3-1-2-24(18-26)31(63)67/h1-7,9-12,18-19H,8,13-17,20-21H2,(H,60,65)(H2,58,61,68). The highest BCUT2D eigenvalue weighted by Crippen LogP contribution is 2.64. The number of fused-ring (bicyclic) bond motifs is 2. The predicted octanol–water partition coefficient (Wildman–Crippen LogP) is 9.10. The Morgan fingerprint density at radius 3 is 1.81 bits per heavy atom. The number of hydrogen-bond donors (Lipinski definition) is 3. The van der Waals surface area contributed by atoms with Crippen molar-refractivity contribution in [3.63, 3.8) is 0 Å². The normalized spacial score (nSPS) is 15.7. The van der Waals surface area contributed by atoms with E-state index in [0.29, 0.717) is 28.1 Å². The highest BCUT2D eigenvalue weighted by atomic mass is 19.4. The molecule has 0 saturated carbocycles. The topological polar surface area (TPSA) is 148 Å². The number of alkyl halides is 17. The Kier molecular flexibility index (Phi) is 14.9. The maximum absolute atomic E-state index is 14.6. The molecule has 4 amide bonds. The zero-order chi connectivity index (χ0) is 51.6. The molecule has 376 valence electrons. The highest BCUT2D eigenvalue weighted by molar-refractivity contribution is 5.98. The van der Waals surface area contributed by atoms with Crippen LogP contribution < -0.4 is 16.0 Å². The molecule has 69 heavy (non-hydrogen) atoms. The summed E-state index contributed by atoms with van der Waals surface area (Å²) in [7, 11) is 0. The summed E-state index contributed by atoms with van der Waals surface area (Å²) in [6, 6.07) is 17.2. The molecule has 0 atom stereocenters. The summed E-state index contributed by atoms with van der Waals surface area (Å²) in [4.78, 5) is 52.8. The molecule has 7 rings (SSSR count). The third-order valence-corrected chi connectivity index (χ3v) is 10.2. The van der Waals surface area contributed by atoms with Gasteiger partial charge in [-0.05, 0) is 66.4 Å². The predicted molar refractivity (Wildman–Crippen MR) is 203 cm³/mol. The molecule has 0 saturated heterocycles. The summed E-state index contributed by atoms with van der Waals surface area (Å²) >= 11 is 0. The van der Waals surface area contributed by atoms with Crippen LogP contribution in [0.3, 0.4) is 0 Å². The molecule has 0 unspecified atom stereocenters. The van der Waals surface area contributed by atoms with Gasteiger partial charge in [-0.1, -0.05) is 35.5 Å². The van der Waals surface area contributed by atoms with Crippen LogP contribution in [0.1, 0.15) is 40.0 Å². The van der Waals surface area contributed by atoms with Gasteiger partial charge in [-0.2, -0.15) is 74.6 Å². The van der Waals surface area contributed by atoms with Crippen molar-refractivity contribution in [1.29, 1.82) is 0 Å². The minimum atomic E-state index is -8.80. The second-order valence-electron chi connectivity index (χ2n) is 15.0. The summed E-state index contributed by atoms with van der Waals surface area (Å²) < 4.78 is 239. The minimum absolute atomic E-state index is 0.0114. The molecule has 4 heterocycles. The number of anilines is 2. The lowest BCUT2D eigenvalue weighted by molar-refractivity contribution is -0.461. The number of carbonyl (C=O) groups excluding carboxylic acids is 4. The first-order chi connectivity index (χ1) is 31.8. The zero-order valence-electron chi connectivity index (χ0n) is 34.4. The van der Waals surface area contributed by atoms with E-state index in [2.05, 4.69) is 31.0 Å². The average molecular weight is 1010 g/mol. The third-order valence-electron chi connectivity index (χ3n) is 10.2. The van der Waals surface area contributed by atoms with Crippen molar-refractivity contribution in [1.82, 2.24) is 25.2 Å². The summed E-state index contributed by atoms with van der Waals surface area (Å²) in [6.45, 7) is -4.15. The Bertz CT molecular complexity index is 2500. The van der Waals surface area contributed by atoms with Gasteiger partial charge in [-0.3, -0.25) is 14.4 Å². The van der Waals surface area contributed by atoms with E-state index in [1.54, 1.807) is 36.4 Å². The summed E-state index contributed by atoms with van der Waals surface area (Å²) in [5.41, 5.74) is 1.80. The van der Waals surface area contributed by atoms with Gasteiger partial charge >= 0.3 is 59.6 Å². The Balaban J connectivity index is 1.38. The van der Waals surface area contributed by atoms with Gasteiger partial charge in [0.05, 0.1) is 37.2 Å². The molecule has 3 aliphatic rings. The van der Waals surface area contributed by atoms with Crippen LogP contribution in [0.4, 0.5) is 90.8 Å². The average Bonchev–Trinajstić information content (AvgIpc) is 3.73. The number of urea groups is 1. The lowest BCUT2D eigenvalue weighted by atomic mass is 9.88. The SMILES string of the molecule is O=C1CCc2ccc(cc2)NC(=O)NCCc2ccc(cc2)-n2nncc2CN(CC(=O)OCCC(F)(F)C(F)(F)C(F)(F)C(F)(F)C(F)(F)C(F)(F)C(F)(F)C(F)(F)F)C(=O)c2cccc(c2)N1. The number of rotatable bonds is 11. The molecule has 3 N–H and O–H groups in total. The molecular weight excluding hydrogens is 981 g/mol. The van der Waals surface area contributed by atoms with Crippen LogP contribution in [-0.4, -0.2) is 111 Å². The number of nitrogens with one attached hydrogen (secondary N) is 3. The van der Waals surface area contributed by atoms with E-state index >= 15 is 0 Å². The maximum Gasteiger partial charge on any atom is 0.460 e. The van der Waals surface area contributed by atoms with Crippen molar-refractivity contribution in [2.24, 2.45) is 0 Å². The van der Waals surface area contributed by atoms with E-state index in [4.69, 9.17) is 0 Å². The smallest absolute Gasteiger partial charge is 0.460 e. The van der Waals surface area contributed by atoms with Gasteiger partial charge in [-0.25, -0.2) is 9.48 Å². The first-order valence-corrected chi connectivity index (χ1v) is 19.5. The molecule has 0 aliphatic carbocycles. The van der Waals surface area contributed by atoms with Gasteiger partial charge in [0.2, 0.25) is 5.91 Å². The summed E-state index contributed by atoms with van der Waals surface area (Å²) in [6.07, 6.45) is -9.45. The second kappa shape index (κ2) is 19.4. The Morgan fingerprint density at radius 1 is 0.638 bits per heavy atom. The van der Waals surface area contributed by atoms with E-state index in [1.165, 1.54) is 24.3 Å². The number of aryl methyl sites for hydroxylation is 1. The van der Waals surface area contributed by atoms with Gasteiger partial charge in [0.1, 0.15) is 6.54 Å². The molecule has 29 heteroatoms. The highest BCUT2D eigenvalue weighted by Gasteiger charge is 2.95. The van der Waals surface area contributed by atoms with Gasteiger partial charge < -0.3 is 25.6 Å². The number of carbonyl (C=O) groups is 4. The van der Waals surface area contributed by atoms with Crippen molar-refractivity contribution in [3.8, 4) is 5.69 Å². The first kappa shape index (κ1) is 53.2. The lowest BCUT2D eigenvalue weighted by Gasteiger charge is -2.42. The molecule has 0 radical (unpaired) electrons. The lowest BCUT2D eigenvalue weighted by Crippen LogP contribution is -2.74. The van der Waals surface area contributed by atoms with Crippen molar-refractivity contribution in [3.05, 3.63) is 101 Å². The van der Waals surface area contributed by atoms with Crippen LogP contribution in [0.15, 0.2) is 79.0 Å². The quantitative estimate of drug-likeness (QED) is 0.100. The fourth-order valence-electron chi connectivity index (χ4n) is 6.27. The molecule has 3 aliphatic heterocycles. The van der Waals surface area contributed by atoms with Crippen molar-refractivity contribution in [2.75, 3.05) is 30.3 Å². The van der Waals surface area contributed by atoms with Crippen molar-refractivity contribution >= 4 is 35.2 Å². The number of nitrogens with zero attached hydrogens (tertiary/aromatic N) is 4. The van der Waals surface area contributed by atoms with E-state index in [0.717, 1.165) is 23.0 Å². The van der Waals surface area contributed by atoms with Crippen LogP contribution in [0.5, 0.6) is 0 Å². The number of ether oxygens (including phenoxy) is 1. The van der Waals surface area contributed by atoms with Crippen LogP contribution in [-0.2, 0) is 33.7 Å². The minimum Gasteiger partial charge on any atom is -0.464 e. The fraction of sp³-hybridized carbons (Fsp3) is 0.400. The van der Waals surface area contributed by atoms with Crippen LogP contribution in [0, 0.1) is 0 Å². The fourth-order valence-corrected chi connectivity index (χ4v) is 6.27. The van der Waals surface area contributed by atoms with E-state index < -0.39 is 97.6 Å². The Hall–Kier alpha value is -6.71. The molecule has 3 aromatic carbocycles. The van der Waals surface area contributed by atoms with E-state index in [9.17, 15) is 93.8 Å². The third kappa shape index (κ3) is 10.6. The number of esters is 1. The number of benzene rings is 3. The number of halogens is 17. The molecule has 1 aromatic heterocycles. The van der Waals surface area contributed by atoms with Crippen LogP contribution in [0.2, 0.25) is 0 Å². The molecule has 12 nitrogen and oxygen atoms in total. The van der Waals surface area contributed by atoms with Crippen LogP contribution in [0.25, 0.3) is 5.69 Å². The van der Waals surface area contributed by atoms with Gasteiger partial charge in [0.15, 0.2) is 0 Å². The molecule has 6 bridgehead atoms. The second-order valence-corrected chi connectivity index (χ2v) is 15.0. The van der Waals surface area contributed by atoms with E-state index in [1.807, 2.05) is 0 Å². The Morgan fingerprint density at radius 2 is 1.20 bits per heavy atom. The van der Waals surface area contributed by atoms with Crippen LogP contribution >= 0.6 is 0 Å². The van der Waals surface area contributed by atoms with Crippen molar-refractivity contribution < 1.29 is 98.6 Å². The van der Waals surface area contributed by atoms with Crippen molar-refractivity contribution in [2.45, 2.75) is 79.9 Å². The number of amides is 4. The van der Waals surface area contributed by atoms with E-state index in [-0.39, 0.29) is 42.0 Å².